The molecule has 1 N–H and O–H groups in total. The first-order valence-corrected chi connectivity index (χ1v) is 6.35. The summed E-state index contributed by atoms with van der Waals surface area (Å²) < 4.78 is 5.53. The third-order valence-corrected chi connectivity index (χ3v) is 2.54. The molecule has 1 aromatic rings. The Morgan fingerprint density at radius 2 is 1.94 bits per heavy atom. The highest BCUT2D eigenvalue weighted by Gasteiger charge is 2.01. The first-order chi connectivity index (χ1) is 8.74. The van der Waals surface area contributed by atoms with Crippen molar-refractivity contribution in [2.45, 2.75) is 32.6 Å². The molecule has 0 aliphatic heterocycles. The van der Waals surface area contributed by atoms with Gasteiger partial charge in [0.15, 0.2) is 0 Å². The van der Waals surface area contributed by atoms with Crippen LogP contribution in [0, 0.1) is 0 Å². The van der Waals surface area contributed by atoms with Crippen LogP contribution in [0.4, 0.5) is 0 Å². The molecule has 0 atom stereocenters. The third kappa shape index (κ3) is 5.53. The van der Waals surface area contributed by atoms with Crippen molar-refractivity contribution in [1.29, 1.82) is 0 Å². The van der Waals surface area contributed by atoms with Crippen LogP contribution in [0.1, 0.15) is 43.0 Å². The molecule has 0 saturated carbocycles. The lowest BCUT2D eigenvalue weighted by molar-refractivity contribution is 0.0697. The maximum atomic E-state index is 10.7. The van der Waals surface area contributed by atoms with Gasteiger partial charge in [0.25, 0.3) is 0 Å². The minimum Gasteiger partial charge on any atom is -0.494 e. The quantitative estimate of drug-likeness (QED) is 0.560. The Morgan fingerprint density at radius 1 is 1.22 bits per heavy atom. The maximum absolute atomic E-state index is 10.7. The van der Waals surface area contributed by atoms with E-state index in [0.29, 0.717) is 6.61 Å². The van der Waals surface area contributed by atoms with Gasteiger partial charge in [-0.05, 0) is 49.9 Å². The highest BCUT2D eigenvalue weighted by atomic mass is 16.5. The van der Waals surface area contributed by atoms with Gasteiger partial charge in [0, 0.05) is 0 Å². The molecule has 0 aromatic heterocycles. The minimum atomic E-state index is -0.913. The van der Waals surface area contributed by atoms with Crippen molar-refractivity contribution in [2.75, 3.05) is 6.61 Å². The lowest BCUT2D eigenvalue weighted by Gasteiger charge is -2.05. The lowest BCUT2D eigenvalue weighted by atomic mass is 10.2. The van der Waals surface area contributed by atoms with Gasteiger partial charge in [-0.1, -0.05) is 19.1 Å². The van der Waals surface area contributed by atoms with Gasteiger partial charge in [-0.3, -0.25) is 0 Å². The first kappa shape index (κ1) is 14.3. The van der Waals surface area contributed by atoms with Crippen molar-refractivity contribution in [3.63, 3.8) is 0 Å². The van der Waals surface area contributed by atoms with Gasteiger partial charge >= 0.3 is 5.97 Å². The minimum absolute atomic E-state index is 0.284. The van der Waals surface area contributed by atoms with Crippen molar-refractivity contribution >= 4 is 5.97 Å². The summed E-state index contributed by atoms with van der Waals surface area (Å²) in [5, 5.41) is 8.75. The van der Waals surface area contributed by atoms with Gasteiger partial charge in [0.05, 0.1) is 12.2 Å². The Balaban J connectivity index is 2.19. The predicted molar refractivity (Wildman–Crippen MR) is 72.2 cm³/mol. The lowest BCUT2D eigenvalue weighted by Crippen LogP contribution is -1.99. The van der Waals surface area contributed by atoms with E-state index in [2.05, 4.69) is 19.1 Å². The molecule has 0 spiro atoms. The Kier molecular flexibility index (Phi) is 6.62. The molecule has 0 heterocycles. The van der Waals surface area contributed by atoms with Gasteiger partial charge in [0.2, 0.25) is 0 Å². The number of unbranched alkanes of at least 4 members (excludes halogenated alkanes) is 2. The summed E-state index contributed by atoms with van der Waals surface area (Å²) >= 11 is 0. The van der Waals surface area contributed by atoms with Crippen molar-refractivity contribution < 1.29 is 14.6 Å². The van der Waals surface area contributed by atoms with Crippen LogP contribution in [-0.4, -0.2) is 17.7 Å². The zero-order valence-electron chi connectivity index (χ0n) is 10.8. The number of allylic oxidation sites excluding steroid dienone is 2. The molecule has 0 bridgehead atoms. The highest BCUT2D eigenvalue weighted by Crippen LogP contribution is 2.12. The third-order valence-electron chi connectivity index (χ3n) is 2.54. The summed E-state index contributed by atoms with van der Waals surface area (Å²) in [6.07, 6.45) is 8.67. The van der Waals surface area contributed by atoms with Crippen molar-refractivity contribution in [3.05, 3.63) is 42.0 Å². The first-order valence-electron chi connectivity index (χ1n) is 6.35. The fourth-order valence-corrected chi connectivity index (χ4v) is 1.53. The second kappa shape index (κ2) is 8.34. The summed E-state index contributed by atoms with van der Waals surface area (Å²) in [4.78, 5) is 10.7. The molecule has 0 saturated heterocycles. The van der Waals surface area contributed by atoms with E-state index < -0.39 is 5.97 Å². The average molecular weight is 248 g/mol. The van der Waals surface area contributed by atoms with Crippen LogP contribution in [0.25, 0.3) is 0 Å². The fourth-order valence-electron chi connectivity index (χ4n) is 1.53. The van der Waals surface area contributed by atoms with Gasteiger partial charge < -0.3 is 9.84 Å². The maximum Gasteiger partial charge on any atom is 0.335 e. The van der Waals surface area contributed by atoms with E-state index >= 15 is 0 Å². The molecular formula is C15H20O3. The number of carbonyl (C=O) groups is 1. The summed E-state index contributed by atoms with van der Waals surface area (Å²) in [7, 11) is 0. The van der Waals surface area contributed by atoms with E-state index in [1.54, 1.807) is 24.3 Å². The molecule has 1 aromatic carbocycles. The van der Waals surface area contributed by atoms with E-state index in [1.165, 1.54) is 0 Å². The zero-order chi connectivity index (χ0) is 13.2. The molecule has 0 unspecified atom stereocenters. The Morgan fingerprint density at radius 3 is 2.56 bits per heavy atom. The van der Waals surface area contributed by atoms with Gasteiger partial charge in [0.1, 0.15) is 5.75 Å². The van der Waals surface area contributed by atoms with E-state index in [9.17, 15) is 4.79 Å². The number of hydrogen-bond donors (Lipinski definition) is 1. The molecule has 0 radical (unpaired) electrons. The van der Waals surface area contributed by atoms with Crippen molar-refractivity contribution in [2.24, 2.45) is 0 Å². The number of hydrogen-bond acceptors (Lipinski definition) is 2. The van der Waals surface area contributed by atoms with Crippen LogP contribution in [0.2, 0.25) is 0 Å². The second-order valence-electron chi connectivity index (χ2n) is 4.05. The molecule has 0 aliphatic rings. The van der Waals surface area contributed by atoms with E-state index in [1.807, 2.05) is 0 Å². The van der Waals surface area contributed by atoms with Crippen molar-refractivity contribution in [3.8, 4) is 5.75 Å². The average Bonchev–Trinajstić information content (AvgIpc) is 2.38. The molecule has 0 amide bonds. The molecule has 18 heavy (non-hydrogen) atoms. The Hall–Kier alpha value is -1.77. The Bertz CT molecular complexity index is 379. The summed E-state index contributed by atoms with van der Waals surface area (Å²) in [6, 6.07) is 6.50. The molecule has 3 nitrogen and oxygen atoms in total. The van der Waals surface area contributed by atoms with Crippen LogP contribution < -0.4 is 4.74 Å². The molecule has 98 valence electrons. The fraction of sp³-hybridized carbons (Fsp3) is 0.400. The molecule has 1 rings (SSSR count). The van der Waals surface area contributed by atoms with E-state index in [4.69, 9.17) is 9.84 Å². The number of benzene rings is 1. The number of carboxylic acids is 1. The summed E-state index contributed by atoms with van der Waals surface area (Å²) in [5.41, 5.74) is 0.284. The van der Waals surface area contributed by atoms with E-state index in [-0.39, 0.29) is 5.56 Å². The van der Waals surface area contributed by atoms with Crippen LogP contribution in [0.3, 0.4) is 0 Å². The normalized spacial score (nSPS) is 10.7. The number of aromatic carboxylic acids is 1. The summed E-state index contributed by atoms with van der Waals surface area (Å²) in [6.45, 7) is 2.80. The molecule has 0 fully saturated rings. The van der Waals surface area contributed by atoms with Crippen molar-refractivity contribution in [1.82, 2.24) is 0 Å². The smallest absolute Gasteiger partial charge is 0.335 e. The van der Waals surface area contributed by atoms with Crippen LogP contribution in [-0.2, 0) is 0 Å². The highest BCUT2D eigenvalue weighted by molar-refractivity contribution is 5.87. The Labute approximate surface area is 108 Å². The number of carboxylic acid groups (broad SMARTS) is 1. The standard InChI is InChI=1S/C15H20O3/c1-2-3-4-5-6-7-12-18-14-10-8-13(9-11-14)15(16)17/h3-4,8-11H,2,5-7,12H2,1H3,(H,16,17). The monoisotopic (exact) mass is 248 g/mol. The molecular weight excluding hydrogens is 228 g/mol. The van der Waals surface area contributed by atoms with Gasteiger partial charge in [-0.15, -0.1) is 0 Å². The second-order valence-corrected chi connectivity index (χ2v) is 4.05. The van der Waals surface area contributed by atoms with Crippen LogP contribution in [0.5, 0.6) is 5.75 Å². The molecule has 0 aliphatic carbocycles. The van der Waals surface area contributed by atoms with Crippen LogP contribution in [0.15, 0.2) is 36.4 Å². The van der Waals surface area contributed by atoms with Crippen LogP contribution >= 0.6 is 0 Å². The largest absolute Gasteiger partial charge is 0.494 e. The predicted octanol–water partition coefficient (Wildman–Crippen LogP) is 3.90. The summed E-state index contributed by atoms with van der Waals surface area (Å²) in [5.74, 6) is -0.187. The van der Waals surface area contributed by atoms with Gasteiger partial charge in [-0.25, -0.2) is 4.79 Å². The number of ether oxygens (including phenoxy) is 1. The SMILES string of the molecule is CCC=CCCCCOc1ccc(C(=O)O)cc1. The van der Waals surface area contributed by atoms with Gasteiger partial charge in [-0.2, -0.15) is 0 Å². The molecule has 3 heteroatoms. The zero-order valence-corrected chi connectivity index (χ0v) is 10.8. The number of rotatable bonds is 8. The van der Waals surface area contributed by atoms with E-state index in [0.717, 1.165) is 31.4 Å². The topological polar surface area (TPSA) is 46.5 Å².